The van der Waals surface area contributed by atoms with E-state index in [-0.39, 0.29) is 31.1 Å². The Balaban J connectivity index is 1.44. The van der Waals surface area contributed by atoms with E-state index in [9.17, 15) is 9.59 Å². The maximum absolute atomic E-state index is 12.4. The van der Waals surface area contributed by atoms with Crippen LogP contribution in [0.2, 0.25) is 0 Å². The van der Waals surface area contributed by atoms with Gasteiger partial charge in [0.1, 0.15) is 13.2 Å². The van der Waals surface area contributed by atoms with E-state index in [1.165, 1.54) is 0 Å². The summed E-state index contributed by atoms with van der Waals surface area (Å²) < 4.78 is 11.1. The third kappa shape index (κ3) is 4.80. The van der Waals surface area contributed by atoms with E-state index in [4.69, 9.17) is 9.47 Å². The summed E-state index contributed by atoms with van der Waals surface area (Å²) in [6.45, 7) is 4.40. The van der Waals surface area contributed by atoms with Crippen LogP contribution in [-0.4, -0.2) is 62.3 Å². The summed E-state index contributed by atoms with van der Waals surface area (Å²) in [4.78, 5) is 28.0. The van der Waals surface area contributed by atoms with E-state index < -0.39 is 0 Å². The molecule has 3 rings (SSSR count). The molecule has 0 saturated carbocycles. The fourth-order valence-corrected chi connectivity index (χ4v) is 3.19. The molecule has 1 aromatic carbocycles. The number of ether oxygens (including phenoxy) is 2. The number of anilines is 1. The van der Waals surface area contributed by atoms with Crippen LogP contribution in [0.4, 0.5) is 5.69 Å². The Morgan fingerprint density at radius 3 is 2.72 bits per heavy atom. The zero-order valence-electron chi connectivity index (χ0n) is 14.8. The lowest BCUT2D eigenvalue weighted by molar-refractivity contribution is -0.142. The fraction of sp³-hybridized carbons (Fsp3) is 0.579. The standard InChI is InChI=1S/C19H26N2O4/c1-15-5-7-16(8-6-15)21-10-9-20(12-18(21)22)19(23)14-24-13-17-4-2-3-11-25-17/h5-8,17H,2-4,9-14H2,1H3/t17-/m0/s1. The van der Waals surface area contributed by atoms with Gasteiger partial charge in [-0.25, -0.2) is 0 Å². The molecule has 2 aliphatic heterocycles. The number of piperazine rings is 1. The van der Waals surface area contributed by atoms with Crippen molar-refractivity contribution < 1.29 is 19.1 Å². The van der Waals surface area contributed by atoms with Crippen molar-refractivity contribution in [2.45, 2.75) is 32.3 Å². The molecule has 2 aliphatic rings. The van der Waals surface area contributed by atoms with Gasteiger partial charge in [0.05, 0.1) is 12.7 Å². The minimum atomic E-state index is -0.132. The van der Waals surface area contributed by atoms with Crippen molar-refractivity contribution >= 4 is 17.5 Å². The smallest absolute Gasteiger partial charge is 0.249 e. The van der Waals surface area contributed by atoms with Crippen LogP contribution in [0.1, 0.15) is 24.8 Å². The third-order valence-electron chi connectivity index (χ3n) is 4.72. The van der Waals surface area contributed by atoms with Gasteiger partial charge in [-0.15, -0.1) is 0 Å². The van der Waals surface area contributed by atoms with Crippen molar-refractivity contribution in [2.24, 2.45) is 0 Å². The lowest BCUT2D eigenvalue weighted by Gasteiger charge is -2.34. The van der Waals surface area contributed by atoms with Gasteiger partial charge in [-0.1, -0.05) is 17.7 Å². The van der Waals surface area contributed by atoms with Crippen molar-refractivity contribution in [3.63, 3.8) is 0 Å². The zero-order valence-corrected chi connectivity index (χ0v) is 14.8. The summed E-state index contributed by atoms with van der Waals surface area (Å²) in [6, 6.07) is 7.86. The molecule has 6 heteroatoms. The van der Waals surface area contributed by atoms with E-state index in [2.05, 4.69) is 0 Å². The van der Waals surface area contributed by atoms with Crippen LogP contribution in [0.5, 0.6) is 0 Å². The summed E-state index contributed by atoms with van der Waals surface area (Å²) in [5, 5.41) is 0. The SMILES string of the molecule is Cc1ccc(N2CCN(C(=O)COC[C@@H]3CCCCO3)CC2=O)cc1. The molecule has 2 heterocycles. The van der Waals surface area contributed by atoms with E-state index in [0.717, 1.165) is 37.1 Å². The van der Waals surface area contributed by atoms with E-state index >= 15 is 0 Å². The summed E-state index contributed by atoms with van der Waals surface area (Å²) in [6.07, 6.45) is 3.34. The summed E-state index contributed by atoms with van der Waals surface area (Å²) in [7, 11) is 0. The molecule has 1 atom stereocenters. The van der Waals surface area contributed by atoms with Crippen molar-refractivity contribution in [1.29, 1.82) is 0 Å². The number of rotatable bonds is 5. The van der Waals surface area contributed by atoms with Gasteiger partial charge < -0.3 is 19.3 Å². The molecule has 6 nitrogen and oxygen atoms in total. The average Bonchev–Trinajstić information content (AvgIpc) is 2.63. The molecule has 25 heavy (non-hydrogen) atoms. The molecule has 0 aliphatic carbocycles. The molecule has 2 amide bonds. The predicted molar refractivity (Wildman–Crippen MR) is 94.5 cm³/mol. The first-order chi connectivity index (χ1) is 12.1. The zero-order chi connectivity index (χ0) is 17.6. The summed E-state index contributed by atoms with van der Waals surface area (Å²) >= 11 is 0. The molecule has 2 fully saturated rings. The van der Waals surface area contributed by atoms with Crippen molar-refractivity contribution in [3.05, 3.63) is 29.8 Å². The third-order valence-corrected chi connectivity index (χ3v) is 4.72. The minimum absolute atomic E-state index is 0.0116. The first-order valence-electron chi connectivity index (χ1n) is 8.97. The molecule has 0 bridgehead atoms. The largest absolute Gasteiger partial charge is 0.376 e. The first-order valence-corrected chi connectivity index (χ1v) is 8.97. The number of nitrogens with zero attached hydrogens (tertiary/aromatic N) is 2. The van der Waals surface area contributed by atoms with Gasteiger partial charge >= 0.3 is 0 Å². The highest BCUT2D eigenvalue weighted by Crippen LogP contribution is 2.18. The Bertz CT molecular complexity index is 596. The Morgan fingerprint density at radius 1 is 1.24 bits per heavy atom. The molecule has 2 saturated heterocycles. The maximum Gasteiger partial charge on any atom is 0.249 e. The van der Waals surface area contributed by atoms with Crippen LogP contribution >= 0.6 is 0 Å². The quantitative estimate of drug-likeness (QED) is 0.815. The van der Waals surface area contributed by atoms with Gasteiger partial charge in [-0.05, 0) is 38.3 Å². The Hall–Kier alpha value is -1.92. The highest BCUT2D eigenvalue weighted by atomic mass is 16.5. The second kappa shape index (κ2) is 8.45. The predicted octanol–water partition coefficient (Wildman–Crippen LogP) is 1.76. The number of aryl methyl sites for hydroxylation is 1. The minimum Gasteiger partial charge on any atom is -0.376 e. The highest BCUT2D eigenvalue weighted by Gasteiger charge is 2.28. The number of hydrogen-bond donors (Lipinski definition) is 0. The number of amides is 2. The molecule has 1 aromatic rings. The van der Waals surface area contributed by atoms with Crippen molar-refractivity contribution in [1.82, 2.24) is 4.90 Å². The van der Waals surface area contributed by atoms with Gasteiger partial charge in [0.2, 0.25) is 11.8 Å². The van der Waals surface area contributed by atoms with Gasteiger partial charge in [-0.2, -0.15) is 0 Å². The van der Waals surface area contributed by atoms with Gasteiger partial charge in [-0.3, -0.25) is 9.59 Å². The number of carbonyl (C=O) groups excluding carboxylic acids is 2. The maximum atomic E-state index is 12.4. The lowest BCUT2D eigenvalue weighted by Crippen LogP contribution is -2.53. The first kappa shape index (κ1) is 17.9. The molecule has 0 radical (unpaired) electrons. The number of benzene rings is 1. The van der Waals surface area contributed by atoms with Crippen LogP contribution in [0.15, 0.2) is 24.3 Å². The molecule has 0 spiro atoms. The Morgan fingerprint density at radius 2 is 2.04 bits per heavy atom. The lowest BCUT2D eigenvalue weighted by atomic mass is 10.1. The highest BCUT2D eigenvalue weighted by molar-refractivity contribution is 5.98. The van der Waals surface area contributed by atoms with E-state index in [0.29, 0.717) is 19.7 Å². The molecule has 0 N–H and O–H groups in total. The van der Waals surface area contributed by atoms with Gasteiger partial charge in [0.25, 0.3) is 0 Å². The normalized spacial score (nSPS) is 21.5. The Kier molecular flexibility index (Phi) is 6.04. The number of hydrogen-bond acceptors (Lipinski definition) is 4. The topological polar surface area (TPSA) is 59.1 Å². The molecule has 136 valence electrons. The van der Waals surface area contributed by atoms with Crippen LogP contribution in [0.3, 0.4) is 0 Å². The molecule has 0 unspecified atom stereocenters. The molecular weight excluding hydrogens is 320 g/mol. The second-order valence-corrected chi connectivity index (χ2v) is 6.70. The van der Waals surface area contributed by atoms with Crippen LogP contribution < -0.4 is 4.90 Å². The van der Waals surface area contributed by atoms with Crippen molar-refractivity contribution in [2.75, 3.05) is 44.4 Å². The average molecular weight is 346 g/mol. The second-order valence-electron chi connectivity index (χ2n) is 6.70. The molecule has 0 aromatic heterocycles. The molecular formula is C19H26N2O4. The van der Waals surface area contributed by atoms with Crippen LogP contribution in [0.25, 0.3) is 0 Å². The summed E-state index contributed by atoms with van der Waals surface area (Å²) in [5.41, 5.74) is 2.04. The summed E-state index contributed by atoms with van der Waals surface area (Å²) in [5.74, 6) is -0.188. The Labute approximate surface area is 148 Å². The monoisotopic (exact) mass is 346 g/mol. The van der Waals surface area contributed by atoms with Crippen LogP contribution in [-0.2, 0) is 19.1 Å². The van der Waals surface area contributed by atoms with Gasteiger partial charge in [0.15, 0.2) is 0 Å². The van der Waals surface area contributed by atoms with E-state index in [1.807, 2.05) is 31.2 Å². The van der Waals surface area contributed by atoms with E-state index in [1.54, 1.807) is 9.80 Å². The number of carbonyl (C=O) groups is 2. The van der Waals surface area contributed by atoms with Gasteiger partial charge in [0, 0.05) is 25.4 Å². The fourth-order valence-electron chi connectivity index (χ4n) is 3.19. The van der Waals surface area contributed by atoms with Crippen LogP contribution in [0, 0.1) is 6.92 Å². The van der Waals surface area contributed by atoms with Crippen molar-refractivity contribution in [3.8, 4) is 0 Å².